The molecule has 0 aromatic heterocycles. The van der Waals surface area contributed by atoms with Crippen LogP contribution in [0.4, 0.5) is 0 Å². The molecule has 0 radical (unpaired) electrons. The third-order valence-electron chi connectivity index (χ3n) is 2.47. The monoisotopic (exact) mass is 220 g/mol. The van der Waals surface area contributed by atoms with E-state index in [2.05, 4.69) is 11.7 Å². The van der Waals surface area contributed by atoms with E-state index >= 15 is 0 Å². The maximum Gasteiger partial charge on any atom is 0.338 e. The van der Waals surface area contributed by atoms with Crippen LogP contribution in [0.5, 0.6) is 0 Å². The fraction of sp³-hybridized carbons (Fsp3) is 0.385. The van der Waals surface area contributed by atoms with E-state index in [4.69, 9.17) is 0 Å². The number of rotatable bonds is 5. The number of aldehydes is 1. The molecule has 0 aliphatic carbocycles. The lowest BCUT2D eigenvalue weighted by atomic mass is 10.0. The van der Waals surface area contributed by atoms with Gasteiger partial charge in [0, 0.05) is 5.56 Å². The molecule has 3 heteroatoms. The van der Waals surface area contributed by atoms with E-state index in [-0.39, 0.29) is 0 Å². The van der Waals surface area contributed by atoms with E-state index in [1.54, 1.807) is 12.1 Å². The molecular weight excluding hydrogens is 204 g/mol. The maximum absolute atomic E-state index is 11.4. The van der Waals surface area contributed by atoms with Crippen LogP contribution in [-0.4, -0.2) is 19.4 Å². The highest BCUT2D eigenvalue weighted by molar-refractivity contribution is 5.98. The molecule has 0 saturated carbocycles. The first-order valence-corrected chi connectivity index (χ1v) is 5.39. The largest absolute Gasteiger partial charge is 0.465 e. The lowest BCUT2D eigenvalue weighted by molar-refractivity contribution is 0.0598. The van der Waals surface area contributed by atoms with Gasteiger partial charge in [0.1, 0.15) is 0 Å². The molecule has 86 valence electrons. The van der Waals surface area contributed by atoms with Crippen LogP contribution in [0.15, 0.2) is 18.2 Å². The zero-order valence-electron chi connectivity index (χ0n) is 9.66. The van der Waals surface area contributed by atoms with E-state index < -0.39 is 5.97 Å². The standard InChI is InChI=1S/C13H16O3/c1-3-4-5-10-6-7-11(9-14)12(8-10)13(15)16-2/h6-9H,3-5H2,1-2H3. The second kappa shape index (κ2) is 6.05. The minimum atomic E-state index is -0.458. The number of esters is 1. The first-order chi connectivity index (χ1) is 7.72. The van der Waals surface area contributed by atoms with Crippen LogP contribution in [0.25, 0.3) is 0 Å². The Hall–Kier alpha value is -1.64. The molecule has 1 aromatic carbocycles. The van der Waals surface area contributed by atoms with Crippen molar-refractivity contribution in [1.82, 2.24) is 0 Å². The summed E-state index contributed by atoms with van der Waals surface area (Å²) >= 11 is 0. The van der Waals surface area contributed by atoms with Gasteiger partial charge in [-0.2, -0.15) is 0 Å². The number of hydrogen-bond acceptors (Lipinski definition) is 3. The smallest absolute Gasteiger partial charge is 0.338 e. The molecule has 0 heterocycles. The summed E-state index contributed by atoms with van der Waals surface area (Å²) in [7, 11) is 1.32. The molecule has 1 aromatic rings. The van der Waals surface area contributed by atoms with Crippen LogP contribution < -0.4 is 0 Å². The Labute approximate surface area is 95.4 Å². The predicted octanol–water partition coefficient (Wildman–Crippen LogP) is 2.63. The molecule has 0 amide bonds. The molecule has 0 saturated heterocycles. The number of aryl methyl sites for hydroxylation is 1. The van der Waals surface area contributed by atoms with Gasteiger partial charge in [0.05, 0.1) is 12.7 Å². The third-order valence-corrected chi connectivity index (χ3v) is 2.47. The number of carbonyl (C=O) groups is 2. The van der Waals surface area contributed by atoms with E-state index in [1.807, 2.05) is 6.07 Å². The van der Waals surface area contributed by atoms with Gasteiger partial charge in [-0.25, -0.2) is 4.79 Å². The van der Waals surface area contributed by atoms with Gasteiger partial charge in [-0.05, 0) is 24.5 Å². The summed E-state index contributed by atoms with van der Waals surface area (Å²) in [5, 5.41) is 0. The van der Waals surface area contributed by atoms with Crippen LogP contribution >= 0.6 is 0 Å². The minimum Gasteiger partial charge on any atom is -0.465 e. The molecule has 3 nitrogen and oxygen atoms in total. The van der Waals surface area contributed by atoms with Crippen LogP contribution in [0.3, 0.4) is 0 Å². The Morgan fingerprint density at radius 1 is 1.44 bits per heavy atom. The maximum atomic E-state index is 11.4. The molecule has 16 heavy (non-hydrogen) atoms. The molecule has 0 atom stereocenters. The molecule has 1 rings (SSSR count). The number of methoxy groups -OCH3 is 1. The quantitative estimate of drug-likeness (QED) is 0.566. The summed E-state index contributed by atoms with van der Waals surface area (Å²) in [5.74, 6) is -0.458. The van der Waals surface area contributed by atoms with Gasteiger partial charge in [0.2, 0.25) is 0 Å². The summed E-state index contributed by atoms with van der Waals surface area (Å²) in [6, 6.07) is 5.29. The van der Waals surface area contributed by atoms with Crippen molar-refractivity contribution in [1.29, 1.82) is 0 Å². The zero-order chi connectivity index (χ0) is 12.0. The molecular formula is C13H16O3. The van der Waals surface area contributed by atoms with Crippen molar-refractivity contribution in [2.75, 3.05) is 7.11 Å². The first kappa shape index (κ1) is 12.4. The topological polar surface area (TPSA) is 43.4 Å². The van der Waals surface area contributed by atoms with Gasteiger partial charge in [0.15, 0.2) is 6.29 Å². The summed E-state index contributed by atoms with van der Waals surface area (Å²) in [6.07, 6.45) is 3.76. The van der Waals surface area contributed by atoms with Gasteiger partial charge in [-0.15, -0.1) is 0 Å². The van der Waals surface area contributed by atoms with Crippen molar-refractivity contribution >= 4 is 12.3 Å². The van der Waals surface area contributed by atoms with Gasteiger partial charge >= 0.3 is 5.97 Å². The summed E-state index contributed by atoms with van der Waals surface area (Å²) in [6.45, 7) is 2.11. The Bertz CT molecular complexity index is 383. The lowest BCUT2D eigenvalue weighted by Gasteiger charge is -2.06. The van der Waals surface area contributed by atoms with E-state index in [0.717, 1.165) is 24.8 Å². The van der Waals surface area contributed by atoms with Gasteiger partial charge in [0.25, 0.3) is 0 Å². The number of carbonyl (C=O) groups excluding carboxylic acids is 2. The van der Waals surface area contributed by atoms with Crippen molar-refractivity contribution in [3.05, 3.63) is 34.9 Å². The Balaban J connectivity index is 3.01. The highest BCUT2D eigenvalue weighted by Gasteiger charge is 2.11. The molecule has 0 fully saturated rings. The summed E-state index contributed by atoms with van der Waals surface area (Å²) < 4.78 is 4.64. The third kappa shape index (κ3) is 2.92. The average Bonchev–Trinajstić information content (AvgIpc) is 2.35. The number of unbranched alkanes of at least 4 members (excludes halogenated alkanes) is 1. The number of ether oxygens (including phenoxy) is 1. The molecule has 0 aliphatic rings. The Morgan fingerprint density at radius 3 is 2.75 bits per heavy atom. The molecule has 0 unspecified atom stereocenters. The first-order valence-electron chi connectivity index (χ1n) is 5.39. The van der Waals surface area contributed by atoms with E-state index in [0.29, 0.717) is 17.4 Å². The SMILES string of the molecule is CCCCc1ccc(C=O)c(C(=O)OC)c1. The predicted molar refractivity (Wildman–Crippen MR) is 61.8 cm³/mol. The highest BCUT2D eigenvalue weighted by atomic mass is 16.5. The molecule has 0 bridgehead atoms. The fourth-order valence-corrected chi connectivity index (χ4v) is 1.53. The van der Waals surface area contributed by atoms with Crippen molar-refractivity contribution in [2.24, 2.45) is 0 Å². The van der Waals surface area contributed by atoms with Crippen molar-refractivity contribution in [2.45, 2.75) is 26.2 Å². The highest BCUT2D eigenvalue weighted by Crippen LogP contribution is 2.13. The summed E-state index contributed by atoms with van der Waals surface area (Å²) in [5.41, 5.74) is 1.80. The van der Waals surface area contributed by atoms with Crippen molar-refractivity contribution in [3.8, 4) is 0 Å². The van der Waals surface area contributed by atoms with Gasteiger partial charge in [-0.1, -0.05) is 25.5 Å². The summed E-state index contributed by atoms with van der Waals surface area (Å²) in [4.78, 5) is 22.2. The second-order valence-electron chi connectivity index (χ2n) is 3.63. The van der Waals surface area contributed by atoms with Crippen LogP contribution in [0.2, 0.25) is 0 Å². The zero-order valence-corrected chi connectivity index (χ0v) is 9.66. The van der Waals surface area contributed by atoms with Gasteiger partial charge < -0.3 is 4.74 Å². The second-order valence-corrected chi connectivity index (χ2v) is 3.63. The molecule has 0 spiro atoms. The Morgan fingerprint density at radius 2 is 2.19 bits per heavy atom. The van der Waals surface area contributed by atoms with Crippen LogP contribution in [0.1, 0.15) is 46.0 Å². The van der Waals surface area contributed by atoms with E-state index in [9.17, 15) is 9.59 Å². The molecule has 0 N–H and O–H groups in total. The Kier molecular flexibility index (Phi) is 4.70. The number of benzene rings is 1. The van der Waals surface area contributed by atoms with E-state index in [1.165, 1.54) is 7.11 Å². The van der Waals surface area contributed by atoms with Gasteiger partial charge in [-0.3, -0.25) is 4.79 Å². The fourth-order valence-electron chi connectivity index (χ4n) is 1.53. The lowest BCUT2D eigenvalue weighted by Crippen LogP contribution is -2.06. The van der Waals surface area contributed by atoms with Crippen molar-refractivity contribution in [3.63, 3.8) is 0 Å². The average molecular weight is 220 g/mol. The minimum absolute atomic E-state index is 0.353. The van der Waals surface area contributed by atoms with Crippen molar-refractivity contribution < 1.29 is 14.3 Å². The number of hydrogen-bond donors (Lipinski definition) is 0. The van der Waals surface area contributed by atoms with Crippen LogP contribution in [0, 0.1) is 0 Å². The van der Waals surface area contributed by atoms with Crippen LogP contribution in [-0.2, 0) is 11.2 Å². The molecule has 0 aliphatic heterocycles. The normalized spacial score (nSPS) is 9.88.